The normalized spacial score (nSPS) is 21.1. The van der Waals surface area contributed by atoms with Crippen LogP contribution in [0.3, 0.4) is 0 Å². The van der Waals surface area contributed by atoms with Gasteiger partial charge in [0, 0.05) is 50.6 Å². The van der Waals surface area contributed by atoms with E-state index in [1.165, 1.54) is 6.33 Å². The van der Waals surface area contributed by atoms with E-state index in [4.69, 9.17) is 9.47 Å². The lowest BCUT2D eigenvalue weighted by atomic mass is 9.85. The van der Waals surface area contributed by atoms with Gasteiger partial charge in [-0.25, -0.2) is 9.97 Å². The van der Waals surface area contributed by atoms with Gasteiger partial charge in [0.05, 0.1) is 0 Å². The van der Waals surface area contributed by atoms with Crippen LogP contribution >= 0.6 is 0 Å². The zero-order chi connectivity index (χ0) is 12.1. The molecule has 0 amide bonds. The summed E-state index contributed by atoms with van der Waals surface area (Å²) in [5.74, 6) is 0. The number of hydrogen-bond donors (Lipinski definition) is 1. The molecule has 1 unspecified atom stereocenters. The van der Waals surface area contributed by atoms with Crippen LogP contribution in [0.4, 0.5) is 0 Å². The van der Waals surface area contributed by atoms with Crippen molar-refractivity contribution in [2.75, 3.05) is 19.8 Å². The Kier molecular flexibility index (Phi) is 4.04. The van der Waals surface area contributed by atoms with Gasteiger partial charge < -0.3 is 14.6 Å². The van der Waals surface area contributed by atoms with E-state index in [-0.39, 0.29) is 0 Å². The average molecular weight is 238 g/mol. The Morgan fingerprint density at radius 2 is 2.06 bits per heavy atom. The molecular weight excluding hydrogens is 220 g/mol. The molecule has 5 nitrogen and oxygen atoms in total. The lowest BCUT2D eigenvalue weighted by molar-refractivity contribution is -0.168. The Labute approximate surface area is 101 Å². The monoisotopic (exact) mass is 238 g/mol. The third-order valence-electron chi connectivity index (χ3n) is 3.17. The summed E-state index contributed by atoms with van der Waals surface area (Å²) in [7, 11) is 0. The highest BCUT2D eigenvalue weighted by molar-refractivity contribution is 5.13. The number of hydrogen-bond acceptors (Lipinski definition) is 5. The Bertz CT molecular complexity index is 333. The number of nitrogens with zero attached hydrogens (tertiary/aromatic N) is 2. The Morgan fingerprint density at radius 3 is 2.65 bits per heavy atom. The number of rotatable bonds is 4. The SMILES string of the molecule is CCOC1(C(O)c2cncnc2)CCOCC1. The molecule has 5 heteroatoms. The summed E-state index contributed by atoms with van der Waals surface area (Å²) in [5.41, 5.74) is 0.139. The minimum Gasteiger partial charge on any atom is -0.385 e. The van der Waals surface area contributed by atoms with Gasteiger partial charge in [0.1, 0.15) is 18.0 Å². The van der Waals surface area contributed by atoms with Crippen molar-refractivity contribution in [2.45, 2.75) is 31.5 Å². The van der Waals surface area contributed by atoms with E-state index in [0.717, 1.165) is 0 Å². The molecular formula is C12H18N2O3. The second-order valence-electron chi connectivity index (χ2n) is 4.18. The fraction of sp³-hybridized carbons (Fsp3) is 0.667. The molecule has 1 saturated heterocycles. The molecule has 1 atom stereocenters. The number of aromatic nitrogens is 2. The summed E-state index contributed by atoms with van der Waals surface area (Å²) >= 11 is 0. The summed E-state index contributed by atoms with van der Waals surface area (Å²) in [5, 5.41) is 10.5. The van der Waals surface area contributed by atoms with Crippen LogP contribution < -0.4 is 0 Å². The standard InChI is InChI=1S/C12H18N2O3/c1-2-17-12(3-5-16-6-4-12)11(15)10-7-13-9-14-8-10/h7-9,11,15H,2-6H2,1H3. The molecule has 94 valence electrons. The van der Waals surface area contributed by atoms with Gasteiger partial charge in [0.25, 0.3) is 0 Å². The molecule has 0 spiro atoms. The molecule has 1 aliphatic rings. The molecule has 0 aliphatic carbocycles. The van der Waals surface area contributed by atoms with Crippen molar-refractivity contribution in [3.05, 3.63) is 24.3 Å². The van der Waals surface area contributed by atoms with E-state index in [2.05, 4.69) is 9.97 Å². The second-order valence-corrected chi connectivity index (χ2v) is 4.18. The summed E-state index contributed by atoms with van der Waals surface area (Å²) in [6, 6.07) is 0. The average Bonchev–Trinajstić information content (AvgIpc) is 2.40. The zero-order valence-electron chi connectivity index (χ0n) is 10.0. The Balaban J connectivity index is 2.20. The smallest absolute Gasteiger partial charge is 0.115 e. The van der Waals surface area contributed by atoms with Crippen LogP contribution in [0.15, 0.2) is 18.7 Å². The molecule has 1 N–H and O–H groups in total. The second kappa shape index (κ2) is 5.53. The van der Waals surface area contributed by atoms with Gasteiger partial charge in [-0.15, -0.1) is 0 Å². The predicted molar refractivity (Wildman–Crippen MR) is 61.4 cm³/mol. The predicted octanol–water partition coefficient (Wildman–Crippen LogP) is 1.10. The Morgan fingerprint density at radius 1 is 1.41 bits per heavy atom. The van der Waals surface area contributed by atoms with Crippen molar-refractivity contribution in [3.8, 4) is 0 Å². The maximum Gasteiger partial charge on any atom is 0.115 e. The van der Waals surface area contributed by atoms with Crippen LogP contribution in [-0.4, -0.2) is 40.5 Å². The quantitative estimate of drug-likeness (QED) is 0.850. The van der Waals surface area contributed by atoms with E-state index in [1.54, 1.807) is 12.4 Å². The lowest BCUT2D eigenvalue weighted by Crippen LogP contribution is -2.44. The molecule has 0 aromatic carbocycles. The van der Waals surface area contributed by atoms with Crippen molar-refractivity contribution < 1.29 is 14.6 Å². The first kappa shape index (κ1) is 12.4. The number of ether oxygens (including phenoxy) is 2. The van der Waals surface area contributed by atoms with Crippen LogP contribution in [0, 0.1) is 0 Å². The number of aliphatic hydroxyl groups excluding tert-OH is 1. The highest BCUT2D eigenvalue weighted by Gasteiger charge is 2.41. The summed E-state index contributed by atoms with van der Waals surface area (Å²) in [4.78, 5) is 7.87. The molecule has 1 aromatic heterocycles. The molecule has 2 heterocycles. The molecule has 1 aromatic rings. The van der Waals surface area contributed by atoms with Crippen LogP contribution in [-0.2, 0) is 9.47 Å². The van der Waals surface area contributed by atoms with Gasteiger partial charge >= 0.3 is 0 Å². The number of aliphatic hydroxyl groups is 1. The minimum absolute atomic E-state index is 0.558. The van der Waals surface area contributed by atoms with Gasteiger partial charge in [0.15, 0.2) is 0 Å². The molecule has 0 bridgehead atoms. The van der Waals surface area contributed by atoms with Crippen molar-refractivity contribution in [1.82, 2.24) is 9.97 Å². The zero-order valence-corrected chi connectivity index (χ0v) is 10.0. The van der Waals surface area contributed by atoms with E-state index >= 15 is 0 Å². The third-order valence-corrected chi connectivity index (χ3v) is 3.17. The van der Waals surface area contributed by atoms with Gasteiger partial charge in [-0.1, -0.05) is 0 Å². The highest BCUT2D eigenvalue weighted by Crippen LogP contribution is 2.37. The fourth-order valence-corrected chi connectivity index (χ4v) is 2.26. The highest BCUT2D eigenvalue weighted by atomic mass is 16.5. The topological polar surface area (TPSA) is 64.5 Å². The molecule has 2 rings (SSSR count). The molecule has 1 aliphatic heterocycles. The molecule has 0 saturated carbocycles. The summed E-state index contributed by atoms with van der Waals surface area (Å²) in [6.45, 7) is 3.74. The maximum absolute atomic E-state index is 10.5. The van der Waals surface area contributed by atoms with Crippen molar-refractivity contribution in [1.29, 1.82) is 0 Å². The van der Waals surface area contributed by atoms with Crippen LogP contribution in [0.2, 0.25) is 0 Å². The lowest BCUT2D eigenvalue weighted by Gasteiger charge is -2.40. The van der Waals surface area contributed by atoms with Gasteiger partial charge in [-0.2, -0.15) is 0 Å². The first-order valence-electron chi connectivity index (χ1n) is 5.93. The largest absolute Gasteiger partial charge is 0.385 e. The van der Waals surface area contributed by atoms with E-state index in [0.29, 0.717) is 38.2 Å². The fourth-order valence-electron chi connectivity index (χ4n) is 2.26. The van der Waals surface area contributed by atoms with Gasteiger partial charge in [0.2, 0.25) is 0 Å². The first-order chi connectivity index (χ1) is 8.28. The molecule has 1 fully saturated rings. The van der Waals surface area contributed by atoms with Crippen LogP contribution in [0.25, 0.3) is 0 Å². The van der Waals surface area contributed by atoms with Crippen molar-refractivity contribution in [2.24, 2.45) is 0 Å². The van der Waals surface area contributed by atoms with Crippen LogP contribution in [0.5, 0.6) is 0 Å². The van der Waals surface area contributed by atoms with E-state index < -0.39 is 11.7 Å². The van der Waals surface area contributed by atoms with Crippen LogP contribution in [0.1, 0.15) is 31.4 Å². The van der Waals surface area contributed by atoms with E-state index in [9.17, 15) is 5.11 Å². The minimum atomic E-state index is -0.701. The molecule has 17 heavy (non-hydrogen) atoms. The third kappa shape index (κ3) is 2.62. The Hall–Kier alpha value is -1.04. The summed E-state index contributed by atoms with van der Waals surface area (Å²) < 4.78 is 11.1. The van der Waals surface area contributed by atoms with Gasteiger partial charge in [-0.3, -0.25) is 0 Å². The van der Waals surface area contributed by atoms with Crippen molar-refractivity contribution >= 4 is 0 Å². The first-order valence-corrected chi connectivity index (χ1v) is 5.93. The van der Waals surface area contributed by atoms with Gasteiger partial charge in [-0.05, 0) is 6.92 Å². The van der Waals surface area contributed by atoms with Crippen molar-refractivity contribution in [3.63, 3.8) is 0 Å². The summed E-state index contributed by atoms with van der Waals surface area (Å²) in [6.07, 6.45) is 5.40. The maximum atomic E-state index is 10.5. The van der Waals surface area contributed by atoms with E-state index in [1.807, 2.05) is 6.92 Å². The molecule has 0 radical (unpaired) electrons.